The molecule has 0 unspecified atom stereocenters. The average Bonchev–Trinajstić information content (AvgIpc) is 3.26. The van der Waals surface area contributed by atoms with Crippen molar-refractivity contribution in [3.05, 3.63) is 11.6 Å². The molecule has 0 aromatic carbocycles. The Labute approximate surface area is 389 Å². The van der Waals surface area contributed by atoms with Gasteiger partial charge in [-0.05, 0) is 111 Å². The highest BCUT2D eigenvalue weighted by Gasteiger charge is 2.72. The molecule has 3 heterocycles. The second-order valence-corrected chi connectivity index (χ2v) is 22.8. The smallest absolute Gasteiger partial charge is 0.335 e. The van der Waals surface area contributed by atoms with Crippen molar-refractivity contribution in [3.63, 3.8) is 0 Å². The number of carbonyl (C=O) groups is 3. The number of carboxylic acids is 2. The molecule has 5 aliphatic carbocycles. The summed E-state index contributed by atoms with van der Waals surface area (Å²) in [6, 6.07) is 0. The lowest BCUT2D eigenvalue weighted by Gasteiger charge is -2.71. The van der Waals surface area contributed by atoms with E-state index in [0.717, 1.165) is 12.0 Å². The number of rotatable bonds is 9. The molecule has 67 heavy (non-hydrogen) atoms. The SMILES string of the molecule is CC1(C)CC[C@@]2(C(=O)O[C@H]3O[C@@H](CO)[C@H](O)[C@@H](O)[C@@H]3O)CC[C@]3(C)C(=CC[C@@H]4[C@@]5(C)CC[C@@H](O[C@H]6O[C@@H](C(=O)O)[C@H](O)[C@@H](O)[C@@H]6O[C@H]6OC[C@H](O)[C@@H](O)[C@@H]6O)[C@](C)(C(=O)O)[C@@H]5CC[C@]43C)[C@H]2C1. The van der Waals surface area contributed by atoms with Crippen LogP contribution in [-0.4, -0.2) is 179 Å². The van der Waals surface area contributed by atoms with Crippen molar-refractivity contribution in [1.82, 2.24) is 0 Å². The minimum atomic E-state index is -2.04. The Morgan fingerprint density at radius 3 is 2.03 bits per heavy atom. The molecule has 380 valence electrons. The first-order chi connectivity index (χ1) is 31.2. The third-order valence-corrected chi connectivity index (χ3v) is 19.0. The Bertz CT molecular complexity index is 1930. The van der Waals surface area contributed by atoms with E-state index in [1.54, 1.807) is 6.92 Å². The summed E-state index contributed by atoms with van der Waals surface area (Å²) in [5, 5.41) is 116. The monoisotopic (exact) mass is 956 g/mol. The van der Waals surface area contributed by atoms with Gasteiger partial charge in [-0.15, -0.1) is 0 Å². The molecule has 0 radical (unpaired) electrons. The van der Waals surface area contributed by atoms with Crippen LogP contribution in [0.1, 0.15) is 106 Å². The molecule has 0 bridgehead atoms. The number of aliphatic carboxylic acids is 2. The summed E-state index contributed by atoms with van der Waals surface area (Å²) in [7, 11) is 0. The van der Waals surface area contributed by atoms with Crippen molar-refractivity contribution in [2.24, 2.45) is 50.2 Å². The lowest BCUT2D eigenvalue weighted by molar-refractivity contribution is -0.365. The molecule has 4 saturated carbocycles. The van der Waals surface area contributed by atoms with Gasteiger partial charge in [0.25, 0.3) is 0 Å². The van der Waals surface area contributed by atoms with Crippen LogP contribution in [0.15, 0.2) is 11.6 Å². The fraction of sp³-hybridized carbons (Fsp3) is 0.894. The molecule has 8 aliphatic rings. The van der Waals surface area contributed by atoms with Crippen molar-refractivity contribution in [3.8, 4) is 0 Å². The van der Waals surface area contributed by atoms with Gasteiger partial charge in [-0.25, -0.2) is 4.79 Å². The number of aliphatic hydroxyl groups is 9. The zero-order valence-corrected chi connectivity index (χ0v) is 39.0. The third kappa shape index (κ3) is 7.82. The number of aliphatic hydroxyl groups excluding tert-OH is 9. The van der Waals surface area contributed by atoms with Gasteiger partial charge in [-0.2, -0.15) is 0 Å². The Morgan fingerprint density at radius 2 is 1.37 bits per heavy atom. The van der Waals surface area contributed by atoms with E-state index in [0.29, 0.717) is 51.4 Å². The van der Waals surface area contributed by atoms with Crippen LogP contribution in [0, 0.1) is 50.2 Å². The van der Waals surface area contributed by atoms with Crippen molar-refractivity contribution in [1.29, 1.82) is 0 Å². The zero-order chi connectivity index (χ0) is 49.1. The average molecular weight is 957 g/mol. The van der Waals surface area contributed by atoms with Gasteiger partial charge in [-0.3, -0.25) is 9.59 Å². The number of allylic oxidation sites excluding steroid dienone is 2. The molecule has 0 aromatic rings. The normalized spacial score (nSPS) is 52.9. The Kier molecular flexibility index (Phi) is 13.5. The summed E-state index contributed by atoms with van der Waals surface area (Å²) in [5.41, 5.74) is -3.01. The molecule has 7 fully saturated rings. The molecule has 8 rings (SSSR count). The predicted octanol–water partition coefficient (Wildman–Crippen LogP) is -0.0634. The molecule has 0 spiro atoms. The van der Waals surface area contributed by atoms with Crippen LogP contribution in [0.5, 0.6) is 0 Å². The van der Waals surface area contributed by atoms with E-state index in [9.17, 15) is 70.6 Å². The highest BCUT2D eigenvalue weighted by atomic mass is 16.8. The zero-order valence-electron chi connectivity index (χ0n) is 39.0. The maximum Gasteiger partial charge on any atom is 0.335 e. The minimum absolute atomic E-state index is 0.0422. The van der Waals surface area contributed by atoms with Crippen LogP contribution in [0.25, 0.3) is 0 Å². The van der Waals surface area contributed by atoms with Crippen molar-refractivity contribution >= 4 is 17.9 Å². The quantitative estimate of drug-likeness (QED) is 0.0819. The van der Waals surface area contributed by atoms with Crippen LogP contribution < -0.4 is 0 Å². The van der Waals surface area contributed by atoms with Gasteiger partial charge in [-0.1, -0.05) is 46.3 Å². The molecule has 0 aromatic heterocycles. The van der Waals surface area contributed by atoms with Gasteiger partial charge in [0.15, 0.2) is 18.7 Å². The molecule has 0 amide bonds. The van der Waals surface area contributed by atoms with Crippen molar-refractivity contribution in [2.75, 3.05) is 13.2 Å². The summed E-state index contributed by atoms with van der Waals surface area (Å²) in [5.74, 6) is -4.15. The van der Waals surface area contributed by atoms with E-state index in [2.05, 4.69) is 40.7 Å². The fourth-order valence-corrected chi connectivity index (χ4v) is 14.7. The lowest BCUT2D eigenvalue weighted by atomic mass is 9.33. The molecule has 11 N–H and O–H groups in total. The number of carboxylic acid groups (broad SMARTS) is 2. The molecule has 3 saturated heterocycles. The van der Waals surface area contributed by atoms with E-state index in [1.165, 1.54) is 0 Å². The summed E-state index contributed by atoms with van der Waals surface area (Å²) in [6.45, 7) is 11.5. The van der Waals surface area contributed by atoms with Gasteiger partial charge >= 0.3 is 17.9 Å². The van der Waals surface area contributed by atoms with Crippen LogP contribution in [0.4, 0.5) is 0 Å². The standard InChI is InChI=1S/C47H72O20/c1-42(2)13-15-47(41(61)67-38-33(56)29(52)28(51)23(18-48)63-38)16-14-44(4)20(21(47)17-42)7-8-24-43(3)11-10-26(46(6,40(59)60)25(43)9-12-45(24,44)5)64-39-35(31(54)30(53)34(65-39)36(57)58)66-37-32(55)27(50)22(49)19-62-37/h7,21-35,37-39,48-56H,8-19H2,1-6H3,(H,57,58)(H,59,60)/t21-,22+,23+,24-,25-,26-,27-,28+,29-,30-,31-,32+,33+,34-,35+,37-,38-,39+,43-,44-,45-,46-,47-/m1/s1. The summed E-state index contributed by atoms with van der Waals surface area (Å²) < 4.78 is 35.0. The molecule has 23 atom stereocenters. The van der Waals surface area contributed by atoms with Crippen LogP contribution in [-0.2, 0) is 42.8 Å². The van der Waals surface area contributed by atoms with Gasteiger partial charge < -0.3 is 84.6 Å². The van der Waals surface area contributed by atoms with Crippen LogP contribution in [0.2, 0.25) is 0 Å². The van der Waals surface area contributed by atoms with E-state index in [1.807, 2.05) is 0 Å². The topological polar surface area (TPSA) is 329 Å². The van der Waals surface area contributed by atoms with Gasteiger partial charge in [0, 0.05) is 0 Å². The molecule has 3 aliphatic heterocycles. The third-order valence-electron chi connectivity index (χ3n) is 19.0. The van der Waals surface area contributed by atoms with Crippen LogP contribution in [0.3, 0.4) is 0 Å². The maximum atomic E-state index is 14.7. The second-order valence-electron chi connectivity index (χ2n) is 22.8. The van der Waals surface area contributed by atoms with Crippen LogP contribution >= 0.6 is 0 Å². The fourth-order valence-electron chi connectivity index (χ4n) is 14.7. The Hall–Kier alpha value is -2.41. The molecule has 20 nitrogen and oxygen atoms in total. The molecular weight excluding hydrogens is 884 g/mol. The van der Waals surface area contributed by atoms with E-state index in [-0.39, 0.29) is 29.1 Å². The largest absolute Gasteiger partial charge is 0.481 e. The number of esters is 1. The number of ether oxygens (including phenoxy) is 6. The lowest BCUT2D eigenvalue weighted by Crippen LogP contribution is -2.68. The molecule has 20 heteroatoms. The highest BCUT2D eigenvalue weighted by Crippen LogP contribution is 2.76. The van der Waals surface area contributed by atoms with E-state index >= 15 is 0 Å². The first-order valence-corrected chi connectivity index (χ1v) is 23.9. The number of hydrogen-bond acceptors (Lipinski definition) is 18. The van der Waals surface area contributed by atoms with Gasteiger partial charge in [0.2, 0.25) is 6.29 Å². The van der Waals surface area contributed by atoms with Gasteiger partial charge in [0.05, 0.1) is 30.1 Å². The van der Waals surface area contributed by atoms with Gasteiger partial charge in [0.1, 0.15) is 61.0 Å². The van der Waals surface area contributed by atoms with E-state index in [4.69, 9.17) is 28.4 Å². The van der Waals surface area contributed by atoms with Crippen molar-refractivity contribution < 1.29 is 99.0 Å². The number of hydrogen-bond donors (Lipinski definition) is 11. The first-order valence-electron chi connectivity index (χ1n) is 23.9. The predicted molar refractivity (Wildman–Crippen MR) is 227 cm³/mol. The Morgan fingerprint density at radius 1 is 0.701 bits per heavy atom. The minimum Gasteiger partial charge on any atom is -0.481 e. The summed E-state index contributed by atoms with van der Waals surface area (Å²) >= 11 is 0. The summed E-state index contributed by atoms with van der Waals surface area (Å²) in [6.07, 6.45) is -17.8. The molecular formula is C47H72O20. The van der Waals surface area contributed by atoms with E-state index < -0.39 is 151 Å². The number of carbonyl (C=O) groups excluding carboxylic acids is 1. The second kappa shape index (κ2) is 17.7. The number of fused-ring (bicyclic) bond motifs is 7. The highest BCUT2D eigenvalue weighted by molar-refractivity contribution is 5.79. The first kappa shape index (κ1) is 51.0. The summed E-state index contributed by atoms with van der Waals surface area (Å²) in [4.78, 5) is 40.8. The van der Waals surface area contributed by atoms with Crippen molar-refractivity contribution in [2.45, 2.75) is 198 Å². The Balaban J connectivity index is 1.08. The maximum absolute atomic E-state index is 14.7.